The van der Waals surface area contributed by atoms with Gasteiger partial charge in [0.2, 0.25) is 0 Å². The molecule has 4 aliphatic heterocycles. The molecular weight excluding hydrogens is 1140 g/mol. The highest BCUT2D eigenvalue weighted by molar-refractivity contribution is 6.17. The Morgan fingerprint density at radius 2 is 0.670 bits per heavy atom. The third-order valence-corrected chi connectivity index (χ3v) is 12.4. The Kier molecular flexibility index (Phi) is 24.2. The zero-order chi connectivity index (χ0) is 65.1. The quantitative estimate of drug-likeness (QED) is 0.0286. The van der Waals surface area contributed by atoms with Crippen LogP contribution in [0.25, 0.3) is 5.76 Å². The summed E-state index contributed by atoms with van der Waals surface area (Å²) in [4.78, 5) is 160. The van der Waals surface area contributed by atoms with Crippen LogP contribution in [0.1, 0.15) is 248 Å². The Morgan fingerprint density at radius 3 is 1.07 bits per heavy atom. The number of hydrogen-bond acceptors (Lipinski definition) is 21. The van der Waals surface area contributed by atoms with E-state index in [2.05, 4.69) is 20.8 Å². The average Bonchev–Trinajstić information content (AvgIpc) is 1.99. The van der Waals surface area contributed by atoms with Gasteiger partial charge in [-0.3, -0.25) is 9.59 Å². The van der Waals surface area contributed by atoms with Crippen LogP contribution < -0.4 is 18.9 Å². The summed E-state index contributed by atoms with van der Waals surface area (Å²) < 4.78 is 40.3. The number of rotatable bonds is 16. The number of cyclic esters (lactones) is 7. The molecule has 4 heterocycles. The monoisotopic (exact) mass is 1200 g/mol. The van der Waals surface area contributed by atoms with Gasteiger partial charge < -0.3 is 37.9 Å². The number of carbonyl (C=O) groups is 13. The maximum absolute atomic E-state index is 13.0. The fourth-order valence-corrected chi connectivity index (χ4v) is 8.28. The number of ketones is 2. The van der Waals surface area contributed by atoms with Crippen LogP contribution in [0.4, 0.5) is 0 Å². The third kappa shape index (κ3) is 15.7. The topological polar surface area (TPSA) is 296 Å². The van der Waals surface area contributed by atoms with Crippen LogP contribution in [0.15, 0.2) is 116 Å². The molecule has 0 amide bonds. The summed E-state index contributed by atoms with van der Waals surface area (Å²) in [7, 11) is 0. The van der Waals surface area contributed by atoms with Gasteiger partial charge in [0, 0.05) is 30.0 Å². The second kappa shape index (κ2) is 31.4. The summed E-state index contributed by atoms with van der Waals surface area (Å²) in [6, 6.07) is 23.3. The highest BCUT2D eigenvalue weighted by Crippen LogP contribution is 2.33. The predicted molar refractivity (Wildman–Crippen MR) is 315 cm³/mol. The first-order chi connectivity index (χ1) is 42.3. The summed E-state index contributed by atoms with van der Waals surface area (Å²) in [5.41, 5.74) is 0.539. The second-order valence-corrected chi connectivity index (χ2v) is 17.8. The van der Waals surface area contributed by atoms with E-state index in [1.807, 2.05) is 69.2 Å². The van der Waals surface area contributed by atoms with E-state index in [0.717, 1.165) is 12.8 Å². The normalized spacial score (nSPS) is 12.4. The first-order valence-electron chi connectivity index (χ1n) is 28.3. The molecule has 456 valence electrons. The van der Waals surface area contributed by atoms with Crippen LogP contribution in [0.5, 0.6) is 23.0 Å². The molecule has 10 rings (SSSR count). The predicted octanol–water partition coefficient (Wildman–Crippen LogP) is 13.2. The maximum Gasteiger partial charge on any atom is 0.346 e. The summed E-state index contributed by atoms with van der Waals surface area (Å²) in [6.45, 7) is 23.5. The lowest BCUT2D eigenvalue weighted by molar-refractivity contribution is 0.0425. The lowest BCUT2D eigenvalue weighted by Crippen LogP contribution is -2.14. The highest BCUT2D eigenvalue weighted by atomic mass is 16.6. The van der Waals surface area contributed by atoms with Crippen molar-refractivity contribution in [3.63, 3.8) is 0 Å². The van der Waals surface area contributed by atoms with Gasteiger partial charge in [-0.15, -0.1) is 0 Å². The summed E-state index contributed by atoms with van der Waals surface area (Å²) in [6.07, 6.45) is 3.03. The van der Waals surface area contributed by atoms with Gasteiger partial charge in [0.15, 0.2) is 11.6 Å². The van der Waals surface area contributed by atoms with Crippen LogP contribution in [-0.4, -0.2) is 77.2 Å². The molecule has 0 saturated carbocycles. The number of Topliss-reactive ketones (excluding diaryl/α,β-unsaturated/α-hetero) is 2. The molecular formula is C67H62O21. The maximum atomic E-state index is 13.0. The van der Waals surface area contributed by atoms with Crippen LogP contribution in [0, 0.1) is 0 Å². The van der Waals surface area contributed by atoms with Gasteiger partial charge in [-0.2, -0.15) is 0 Å². The number of esters is 11. The fourth-order valence-electron chi connectivity index (χ4n) is 8.28. The standard InChI is InChI=1S/C30H20O10.C29H18O11.4C2H6/c1-3-4-5-25(31)18-10-19(38-26(32)16-6-8-21-15(2)37-29(35)23(21)12-16)14-20(11-18)39-27(33)17-7-9-22-24(13-17)30(36)40-28(22)34;1-2-3-4-22(30)21-13-16(37-24(31)14-5-8-17-19(11-14)28(35)39-26(17)33)7-10-23(21)38-25(32)15-6-9-18-20(12-15)29(36)40-27(18)34;4*1-2/h6-14H,2-5H2,1H3;5-13H,2-4H2,1H3;4*1-2H3. The Morgan fingerprint density at radius 1 is 0.341 bits per heavy atom. The smallest absolute Gasteiger partial charge is 0.346 e. The number of hydrogen-bond donors (Lipinski definition) is 0. The van der Waals surface area contributed by atoms with E-state index in [0.29, 0.717) is 18.4 Å². The SMILES string of the molecule is C=C1OC(=O)c2cc(C(=O)Oc3cc(OC(=O)c4ccc5c(c4)C(=O)OC5=O)cc(C(=O)CCCC)c3)ccc21.CC.CC.CC.CC.CCCCC(=O)c1cc(OC(=O)c2ccc3c(c2)C(=O)OC3=O)ccc1OC(=O)c1ccc2c(c1)C(=O)OC2=O. The van der Waals surface area contributed by atoms with Crippen molar-refractivity contribution in [1.82, 2.24) is 0 Å². The zero-order valence-electron chi connectivity index (χ0n) is 49.9. The molecule has 0 unspecified atom stereocenters. The van der Waals surface area contributed by atoms with Crippen molar-refractivity contribution >= 4 is 83.0 Å². The first kappa shape index (κ1) is 68.0. The van der Waals surface area contributed by atoms with Crippen LogP contribution in [0.3, 0.4) is 0 Å². The average molecular weight is 1200 g/mol. The lowest BCUT2D eigenvalue weighted by Gasteiger charge is -2.12. The van der Waals surface area contributed by atoms with Crippen molar-refractivity contribution in [3.05, 3.63) is 194 Å². The van der Waals surface area contributed by atoms with Crippen LogP contribution >= 0.6 is 0 Å². The molecule has 88 heavy (non-hydrogen) atoms. The number of fused-ring (bicyclic) bond motifs is 4. The molecule has 0 spiro atoms. The minimum atomic E-state index is -0.899. The number of benzene rings is 6. The second-order valence-electron chi connectivity index (χ2n) is 17.8. The fraction of sp³-hybridized carbons (Fsp3) is 0.239. The molecule has 0 radical (unpaired) electrons. The largest absolute Gasteiger partial charge is 0.423 e. The highest BCUT2D eigenvalue weighted by Gasteiger charge is 2.34. The zero-order valence-corrected chi connectivity index (χ0v) is 49.9. The van der Waals surface area contributed by atoms with Gasteiger partial charge >= 0.3 is 65.7 Å². The molecule has 0 saturated heterocycles. The third-order valence-electron chi connectivity index (χ3n) is 12.4. The first-order valence-corrected chi connectivity index (χ1v) is 28.3. The molecule has 4 aliphatic rings. The minimum absolute atomic E-state index is 0.0222. The van der Waals surface area contributed by atoms with Crippen molar-refractivity contribution in [2.24, 2.45) is 0 Å². The van der Waals surface area contributed by atoms with Gasteiger partial charge in [-0.1, -0.05) is 88.7 Å². The summed E-state index contributed by atoms with van der Waals surface area (Å²) in [5, 5.41) is 0. The van der Waals surface area contributed by atoms with Crippen molar-refractivity contribution in [1.29, 1.82) is 0 Å². The molecule has 0 fully saturated rings. The van der Waals surface area contributed by atoms with E-state index >= 15 is 0 Å². The van der Waals surface area contributed by atoms with Crippen molar-refractivity contribution in [3.8, 4) is 23.0 Å². The molecule has 0 bridgehead atoms. The molecule has 0 N–H and O–H groups in total. The molecule has 0 aromatic heterocycles. The summed E-state index contributed by atoms with van der Waals surface area (Å²) >= 11 is 0. The Balaban J connectivity index is 0.000000288. The van der Waals surface area contributed by atoms with E-state index in [9.17, 15) is 62.3 Å². The van der Waals surface area contributed by atoms with E-state index in [-0.39, 0.29) is 125 Å². The molecule has 21 nitrogen and oxygen atoms in total. The molecule has 21 heteroatoms. The number of ether oxygens (including phenoxy) is 8. The summed E-state index contributed by atoms with van der Waals surface area (Å²) in [5.74, 6) is -9.97. The van der Waals surface area contributed by atoms with Gasteiger partial charge in [-0.05, 0) is 116 Å². The van der Waals surface area contributed by atoms with Gasteiger partial charge in [0.1, 0.15) is 28.8 Å². The lowest BCUT2D eigenvalue weighted by atomic mass is 10.0. The Labute approximate surface area is 505 Å². The molecule has 0 atom stereocenters. The van der Waals surface area contributed by atoms with Crippen molar-refractivity contribution in [2.75, 3.05) is 0 Å². The molecule has 0 aliphatic carbocycles. The van der Waals surface area contributed by atoms with Gasteiger partial charge in [0.25, 0.3) is 0 Å². The van der Waals surface area contributed by atoms with E-state index < -0.39 is 65.7 Å². The van der Waals surface area contributed by atoms with E-state index in [1.54, 1.807) is 0 Å². The number of carbonyl (C=O) groups excluding carboxylic acids is 13. The number of unbranched alkanes of at least 4 members (excludes halogenated alkanes) is 2. The van der Waals surface area contributed by atoms with Gasteiger partial charge in [0.05, 0.1) is 66.8 Å². The minimum Gasteiger partial charge on any atom is -0.423 e. The Hall–Kier alpha value is -10.8. The Bertz CT molecular complexity index is 3710. The van der Waals surface area contributed by atoms with Crippen molar-refractivity contribution in [2.45, 2.75) is 108 Å². The van der Waals surface area contributed by atoms with Gasteiger partial charge in [-0.25, -0.2) is 52.7 Å². The van der Waals surface area contributed by atoms with E-state index in [1.165, 1.54) is 109 Å². The van der Waals surface area contributed by atoms with Crippen LogP contribution in [0.2, 0.25) is 0 Å². The van der Waals surface area contributed by atoms with Crippen molar-refractivity contribution < 1.29 is 100 Å². The van der Waals surface area contributed by atoms with Crippen LogP contribution in [-0.2, 0) is 18.9 Å². The van der Waals surface area contributed by atoms with E-state index in [4.69, 9.17) is 23.7 Å². The molecule has 6 aromatic rings. The molecule has 6 aromatic carbocycles.